The van der Waals surface area contributed by atoms with Crippen molar-refractivity contribution in [2.75, 3.05) is 33.7 Å². The van der Waals surface area contributed by atoms with Crippen LogP contribution in [0.5, 0.6) is 0 Å². The fourth-order valence-electron chi connectivity index (χ4n) is 2.57. The number of piperidine rings is 1. The molecule has 1 aliphatic heterocycles. The second-order valence-electron chi connectivity index (χ2n) is 5.45. The zero-order valence-electron chi connectivity index (χ0n) is 11.3. The molecule has 100 valence electrons. The molecule has 1 fully saturated rings. The molecular formula is C14H22BrN3. The van der Waals surface area contributed by atoms with Crippen molar-refractivity contribution in [1.29, 1.82) is 0 Å². The summed E-state index contributed by atoms with van der Waals surface area (Å²) >= 11 is 3.42. The molecule has 0 aromatic carbocycles. The summed E-state index contributed by atoms with van der Waals surface area (Å²) in [6.07, 6.45) is 4.51. The first-order valence-corrected chi connectivity index (χ1v) is 7.40. The Labute approximate surface area is 118 Å². The van der Waals surface area contributed by atoms with Crippen LogP contribution in [0.4, 0.5) is 0 Å². The molecule has 3 nitrogen and oxygen atoms in total. The Bertz CT molecular complexity index is 356. The summed E-state index contributed by atoms with van der Waals surface area (Å²) < 4.78 is 1.05. The highest BCUT2D eigenvalue weighted by molar-refractivity contribution is 9.10. The van der Waals surface area contributed by atoms with Gasteiger partial charge in [-0.15, -0.1) is 0 Å². The summed E-state index contributed by atoms with van der Waals surface area (Å²) in [5.74, 6) is 0.870. The molecule has 1 saturated heterocycles. The Hall–Kier alpha value is -0.450. The second kappa shape index (κ2) is 6.64. The minimum Gasteiger partial charge on any atom is -0.309 e. The van der Waals surface area contributed by atoms with Crippen LogP contribution < -0.4 is 0 Å². The van der Waals surface area contributed by atoms with E-state index >= 15 is 0 Å². The van der Waals surface area contributed by atoms with Crippen LogP contribution in [0.15, 0.2) is 22.8 Å². The van der Waals surface area contributed by atoms with E-state index in [2.05, 4.69) is 56.9 Å². The minimum atomic E-state index is 0.870. The van der Waals surface area contributed by atoms with E-state index in [1.807, 2.05) is 6.20 Å². The maximum atomic E-state index is 4.44. The van der Waals surface area contributed by atoms with Crippen LogP contribution in [0, 0.1) is 5.92 Å². The lowest BCUT2D eigenvalue weighted by atomic mass is 9.96. The van der Waals surface area contributed by atoms with Crippen molar-refractivity contribution in [2.24, 2.45) is 5.92 Å². The molecule has 0 aliphatic carbocycles. The average molecular weight is 312 g/mol. The van der Waals surface area contributed by atoms with Crippen molar-refractivity contribution in [2.45, 2.75) is 19.4 Å². The first kappa shape index (κ1) is 14.0. The van der Waals surface area contributed by atoms with Crippen molar-refractivity contribution in [1.82, 2.24) is 14.8 Å². The summed E-state index contributed by atoms with van der Waals surface area (Å²) in [6, 6.07) is 4.18. The molecule has 0 N–H and O–H groups in total. The Morgan fingerprint density at radius 2 is 2.06 bits per heavy atom. The molecule has 0 saturated carbocycles. The van der Waals surface area contributed by atoms with Gasteiger partial charge in [-0.2, -0.15) is 0 Å². The molecule has 1 aliphatic rings. The third-order valence-electron chi connectivity index (χ3n) is 3.50. The normalized spacial score (nSPS) is 18.4. The zero-order chi connectivity index (χ0) is 13.0. The van der Waals surface area contributed by atoms with Gasteiger partial charge in [-0.05, 0) is 74.0 Å². The Balaban J connectivity index is 1.78. The highest BCUT2D eigenvalue weighted by Gasteiger charge is 2.19. The fourth-order valence-corrected chi connectivity index (χ4v) is 2.81. The van der Waals surface area contributed by atoms with E-state index in [0.717, 1.165) is 16.9 Å². The van der Waals surface area contributed by atoms with Crippen molar-refractivity contribution >= 4 is 15.9 Å². The van der Waals surface area contributed by atoms with Crippen LogP contribution in [-0.2, 0) is 6.54 Å². The zero-order valence-corrected chi connectivity index (χ0v) is 12.9. The van der Waals surface area contributed by atoms with Crippen molar-refractivity contribution in [3.05, 3.63) is 28.5 Å². The molecule has 0 unspecified atom stereocenters. The lowest BCUT2D eigenvalue weighted by Gasteiger charge is -2.32. The van der Waals surface area contributed by atoms with Gasteiger partial charge in [0.15, 0.2) is 0 Å². The molecule has 4 heteroatoms. The third kappa shape index (κ3) is 4.34. The van der Waals surface area contributed by atoms with Crippen molar-refractivity contribution in [3.63, 3.8) is 0 Å². The van der Waals surface area contributed by atoms with Crippen LogP contribution in [0.2, 0.25) is 0 Å². The van der Waals surface area contributed by atoms with Crippen molar-refractivity contribution < 1.29 is 0 Å². The van der Waals surface area contributed by atoms with Crippen LogP contribution in [-0.4, -0.2) is 48.5 Å². The SMILES string of the molecule is CN(C)CC1CCN(Cc2ccc(Br)cn2)CC1. The summed E-state index contributed by atoms with van der Waals surface area (Å²) in [6.45, 7) is 4.62. The predicted molar refractivity (Wildman–Crippen MR) is 78.5 cm³/mol. The number of nitrogens with zero attached hydrogens (tertiary/aromatic N) is 3. The van der Waals surface area contributed by atoms with Gasteiger partial charge in [0.05, 0.1) is 5.69 Å². The molecular weight excluding hydrogens is 290 g/mol. The van der Waals surface area contributed by atoms with E-state index < -0.39 is 0 Å². The summed E-state index contributed by atoms with van der Waals surface area (Å²) in [5.41, 5.74) is 1.17. The largest absolute Gasteiger partial charge is 0.309 e. The van der Waals surface area contributed by atoms with Gasteiger partial charge in [0.1, 0.15) is 0 Å². The standard InChI is InChI=1S/C14H22BrN3/c1-17(2)10-12-5-7-18(8-6-12)11-14-4-3-13(15)9-16-14/h3-4,9,12H,5-8,10-11H2,1-2H3. The first-order valence-electron chi connectivity index (χ1n) is 6.61. The number of halogens is 1. The monoisotopic (exact) mass is 311 g/mol. The minimum absolute atomic E-state index is 0.870. The average Bonchev–Trinajstić information content (AvgIpc) is 2.34. The summed E-state index contributed by atoms with van der Waals surface area (Å²) in [4.78, 5) is 9.26. The quantitative estimate of drug-likeness (QED) is 0.852. The van der Waals surface area contributed by atoms with E-state index in [1.165, 1.54) is 38.2 Å². The van der Waals surface area contributed by atoms with E-state index in [9.17, 15) is 0 Å². The highest BCUT2D eigenvalue weighted by Crippen LogP contribution is 2.19. The first-order chi connectivity index (χ1) is 8.63. The maximum Gasteiger partial charge on any atom is 0.0544 e. The number of aromatic nitrogens is 1. The lowest BCUT2D eigenvalue weighted by Crippen LogP contribution is -2.36. The molecule has 0 bridgehead atoms. The summed E-state index contributed by atoms with van der Waals surface area (Å²) in [7, 11) is 4.33. The third-order valence-corrected chi connectivity index (χ3v) is 3.97. The lowest BCUT2D eigenvalue weighted by molar-refractivity contribution is 0.155. The van der Waals surface area contributed by atoms with Gasteiger partial charge in [-0.1, -0.05) is 0 Å². The number of hydrogen-bond donors (Lipinski definition) is 0. The van der Waals surface area contributed by atoms with Gasteiger partial charge < -0.3 is 4.90 Å². The molecule has 2 heterocycles. The smallest absolute Gasteiger partial charge is 0.0544 e. The number of rotatable bonds is 4. The Kier molecular flexibility index (Phi) is 5.15. The highest BCUT2D eigenvalue weighted by atomic mass is 79.9. The van der Waals surface area contributed by atoms with Crippen LogP contribution in [0.25, 0.3) is 0 Å². The van der Waals surface area contributed by atoms with Crippen molar-refractivity contribution in [3.8, 4) is 0 Å². The molecule has 1 aromatic rings. The van der Waals surface area contributed by atoms with Gasteiger partial charge >= 0.3 is 0 Å². The van der Waals surface area contributed by atoms with E-state index in [0.29, 0.717) is 0 Å². The predicted octanol–water partition coefficient (Wildman–Crippen LogP) is 2.62. The van der Waals surface area contributed by atoms with E-state index in [-0.39, 0.29) is 0 Å². The van der Waals surface area contributed by atoms with E-state index in [1.54, 1.807) is 0 Å². The van der Waals surface area contributed by atoms with Crippen LogP contribution in [0.1, 0.15) is 18.5 Å². The topological polar surface area (TPSA) is 19.4 Å². The van der Waals surface area contributed by atoms with Gasteiger partial charge in [0.25, 0.3) is 0 Å². The number of hydrogen-bond acceptors (Lipinski definition) is 3. The molecule has 0 atom stereocenters. The maximum absolute atomic E-state index is 4.44. The molecule has 2 rings (SSSR count). The summed E-state index contributed by atoms with van der Waals surface area (Å²) in [5, 5.41) is 0. The Morgan fingerprint density at radius 3 is 2.61 bits per heavy atom. The molecule has 0 amide bonds. The van der Waals surface area contributed by atoms with Gasteiger partial charge in [0, 0.05) is 23.8 Å². The molecule has 18 heavy (non-hydrogen) atoms. The van der Waals surface area contributed by atoms with E-state index in [4.69, 9.17) is 0 Å². The second-order valence-corrected chi connectivity index (χ2v) is 6.37. The molecule has 0 radical (unpaired) electrons. The van der Waals surface area contributed by atoms with Crippen LogP contribution in [0.3, 0.4) is 0 Å². The Morgan fingerprint density at radius 1 is 1.33 bits per heavy atom. The molecule has 0 spiro atoms. The van der Waals surface area contributed by atoms with Gasteiger partial charge in [0.2, 0.25) is 0 Å². The van der Waals surface area contributed by atoms with Gasteiger partial charge in [-0.3, -0.25) is 9.88 Å². The molecule has 1 aromatic heterocycles. The van der Waals surface area contributed by atoms with Crippen LogP contribution >= 0.6 is 15.9 Å². The number of likely N-dealkylation sites (tertiary alicyclic amines) is 1. The van der Waals surface area contributed by atoms with Gasteiger partial charge in [-0.25, -0.2) is 0 Å². The fraction of sp³-hybridized carbons (Fsp3) is 0.643. The number of pyridine rings is 1.